The zero-order valence-corrected chi connectivity index (χ0v) is 16.3. The van der Waals surface area contributed by atoms with Crippen LogP contribution < -0.4 is 15.2 Å². The lowest BCUT2D eigenvalue weighted by Crippen LogP contribution is -2.35. The van der Waals surface area contributed by atoms with Gasteiger partial charge in [-0.25, -0.2) is 9.80 Å². The van der Waals surface area contributed by atoms with Crippen LogP contribution in [0.15, 0.2) is 84.4 Å². The van der Waals surface area contributed by atoms with Crippen LogP contribution in [0.4, 0.5) is 5.69 Å². The Kier molecular flexibility index (Phi) is 5.49. The summed E-state index contributed by atoms with van der Waals surface area (Å²) in [5.41, 5.74) is 4.71. The molecule has 1 saturated heterocycles. The molecule has 0 saturated carbocycles. The predicted octanol–water partition coefficient (Wildman–Crippen LogP) is 3.43. The van der Waals surface area contributed by atoms with E-state index in [9.17, 15) is 14.4 Å². The van der Waals surface area contributed by atoms with E-state index in [1.165, 1.54) is 23.2 Å². The van der Waals surface area contributed by atoms with Gasteiger partial charge in [0.1, 0.15) is 17.9 Å². The number of para-hydroxylation sites is 2. The van der Waals surface area contributed by atoms with E-state index >= 15 is 0 Å². The number of carboxylic acid groups (broad SMARTS) is 1. The number of carbonyl (C=O) groups excluding carboxylic acids is 2. The molecule has 0 radical (unpaired) electrons. The molecule has 154 valence electrons. The number of hydrogen-bond acceptors (Lipinski definition) is 4. The summed E-state index contributed by atoms with van der Waals surface area (Å²) in [4.78, 5) is 36.2. The molecule has 7 nitrogen and oxygen atoms in total. The SMILES string of the molecule is O=C1NN(c2ccccc2)C(=O)C1=Cc1ccccc1OCc1ccc(C(=O)O)cc1. The van der Waals surface area contributed by atoms with Crippen molar-refractivity contribution in [3.8, 4) is 5.75 Å². The molecule has 0 aliphatic carbocycles. The topological polar surface area (TPSA) is 95.9 Å². The van der Waals surface area contributed by atoms with Gasteiger partial charge in [0.2, 0.25) is 0 Å². The molecule has 2 amide bonds. The summed E-state index contributed by atoms with van der Waals surface area (Å²) < 4.78 is 5.87. The van der Waals surface area contributed by atoms with Crippen molar-refractivity contribution in [1.82, 2.24) is 5.43 Å². The Morgan fingerprint density at radius 2 is 1.61 bits per heavy atom. The van der Waals surface area contributed by atoms with E-state index in [1.807, 2.05) is 6.07 Å². The Morgan fingerprint density at radius 1 is 0.935 bits per heavy atom. The number of anilines is 1. The zero-order valence-electron chi connectivity index (χ0n) is 16.3. The number of benzene rings is 3. The molecule has 1 fully saturated rings. The van der Waals surface area contributed by atoms with Gasteiger partial charge in [-0.1, -0.05) is 48.5 Å². The van der Waals surface area contributed by atoms with Crippen molar-refractivity contribution in [2.45, 2.75) is 6.61 Å². The van der Waals surface area contributed by atoms with E-state index in [-0.39, 0.29) is 17.7 Å². The molecule has 1 aliphatic heterocycles. The first kappa shape index (κ1) is 19.9. The lowest BCUT2D eigenvalue weighted by atomic mass is 10.1. The first-order valence-corrected chi connectivity index (χ1v) is 9.49. The molecular formula is C24H18N2O5. The molecule has 4 rings (SSSR count). The number of amides is 2. The number of carboxylic acids is 1. The summed E-state index contributed by atoms with van der Waals surface area (Å²) >= 11 is 0. The summed E-state index contributed by atoms with van der Waals surface area (Å²) in [6, 6.07) is 22.3. The maximum absolute atomic E-state index is 12.8. The highest BCUT2D eigenvalue weighted by Gasteiger charge is 2.34. The Balaban J connectivity index is 1.54. The number of nitrogens with one attached hydrogen (secondary N) is 1. The monoisotopic (exact) mass is 414 g/mol. The number of carbonyl (C=O) groups is 3. The van der Waals surface area contributed by atoms with Gasteiger partial charge in [-0.15, -0.1) is 0 Å². The second kappa shape index (κ2) is 8.54. The molecular weight excluding hydrogens is 396 g/mol. The van der Waals surface area contributed by atoms with Crippen LogP contribution in [-0.4, -0.2) is 22.9 Å². The molecule has 7 heteroatoms. The molecule has 3 aromatic rings. The van der Waals surface area contributed by atoms with E-state index in [0.29, 0.717) is 17.0 Å². The van der Waals surface area contributed by atoms with Crippen molar-refractivity contribution < 1.29 is 24.2 Å². The fourth-order valence-electron chi connectivity index (χ4n) is 3.11. The van der Waals surface area contributed by atoms with Crippen LogP contribution in [0.25, 0.3) is 6.08 Å². The van der Waals surface area contributed by atoms with Crippen LogP contribution in [-0.2, 0) is 16.2 Å². The lowest BCUT2D eigenvalue weighted by molar-refractivity contribution is -0.117. The third-order valence-corrected chi connectivity index (χ3v) is 4.72. The van der Waals surface area contributed by atoms with Gasteiger partial charge in [0, 0.05) is 5.56 Å². The van der Waals surface area contributed by atoms with Gasteiger partial charge < -0.3 is 9.84 Å². The zero-order chi connectivity index (χ0) is 21.8. The summed E-state index contributed by atoms with van der Waals surface area (Å²) in [7, 11) is 0. The molecule has 0 aromatic heterocycles. The molecule has 1 aliphatic rings. The van der Waals surface area contributed by atoms with Gasteiger partial charge in [0.25, 0.3) is 11.8 Å². The average Bonchev–Trinajstić information content (AvgIpc) is 3.07. The van der Waals surface area contributed by atoms with Crippen molar-refractivity contribution in [2.75, 3.05) is 5.01 Å². The minimum atomic E-state index is -0.992. The number of rotatable bonds is 6. The number of hydrazine groups is 1. The molecule has 0 spiro atoms. The number of nitrogens with zero attached hydrogens (tertiary/aromatic N) is 1. The highest BCUT2D eigenvalue weighted by molar-refractivity contribution is 6.31. The summed E-state index contributed by atoms with van der Waals surface area (Å²) in [6.07, 6.45) is 1.50. The van der Waals surface area contributed by atoms with E-state index in [2.05, 4.69) is 5.43 Å². The molecule has 1 heterocycles. The van der Waals surface area contributed by atoms with Crippen LogP contribution >= 0.6 is 0 Å². The van der Waals surface area contributed by atoms with E-state index in [0.717, 1.165) is 5.56 Å². The van der Waals surface area contributed by atoms with Gasteiger partial charge >= 0.3 is 5.97 Å². The third-order valence-electron chi connectivity index (χ3n) is 4.72. The Morgan fingerprint density at radius 3 is 2.32 bits per heavy atom. The van der Waals surface area contributed by atoms with E-state index in [1.54, 1.807) is 60.7 Å². The van der Waals surface area contributed by atoms with Crippen LogP contribution in [0.5, 0.6) is 5.75 Å². The maximum atomic E-state index is 12.8. The smallest absolute Gasteiger partial charge is 0.335 e. The van der Waals surface area contributed by atoms with Crippen LogP contribution in [0.1, 0.15) is 21.5 Å². The summed E-state index contributed by atoms with van der Waals surface area (Å²) in [5, 5.41) is 10.2. The van der Waals surface area contributed by atoms with Crippen molar-refractivity contribution in [1.29, 1.82) is 0 Å². The van der Waals surface area contributed by atoms with Crippen molar-refractivity contribution >= 4 is 29.5 Å². The maximum Gasteiger partial charge on any atom is 0.335 e. The quantitative estimate of drug-likeness (QED) is 0.476. The van der Waals surface area contributed by atoms with Crippen LogP contribution in [0.2, 0.25) is 0 Å². The molecule has 3 aromatic carbocycles. The van der Waals surface area contributed by atoms with E-state index in [4.69, 9.17) is 9.84 Å². The number of aromatic carboxylic acids is 1. The van der Waals surface area contributed by atoms with Crippen molar-refractivity contribution in [2.24, 2.45) is 0 Å². The highest BCUT2D eigenvalue weighted by Crippen LogP contribution is 2.26. The lowest BCUT2D eigenvalue weighted by Gasteiger charge is -2.14. The molecule has 0 atom stereocenters. The van der Waals surface area contributed by atoms with Crippen molar-refractivity contribution in [3.63, 3.8) is 0 Å². The Bertz CT molecular complexity index is 1170. The highest BCUT2D eigenvalue weighted by atomic mass is 16.5. The van der Waals surface area contributed by atoms with Gasteiger partial charge in [-0.05, 0) is 42.0 Å². The standard InChI is InChI=1S/C24H18N2O5/c27-22-20(23(28)26(25-22)19-7-2-1-3-8-19)14-18-6-4-5-9-21(18)31-15-16-10-12-17(13-11-16)24(29)30/h1-14H,15H2,(H,25,27)(H,29,30). The normalized spacial score (nSPS) is 14.6. The molecule has 0 bridgehead atoms. The second-order valence-corrected chi connectivity index (χ2v) is 6.80. The molecule has 2 N–H and O–H groups in total. The van der Waals surface area contributed by atoms with Crippen LogP contribution in [0.3, 0.4) is 0 Å². The van der Waals surface area contributed by atoms with E-state index < -0.39 is 17.8 Å². The minimum absolute atomic E-state index is 0.00529. The summed E-state index contributed by atoms with van der Waals surface area (Å²) in [5.74, 6) is -1.44. The second-order valence-electron chi connectivity index (χ2n) is 6.80. The Hall–Kier alpha value is -4.39. The minimum Gasteiger partial charge on any atom is -0.488 e. The van der Waals surface area contributed by atoms with Crippen LogP contribution in [0, 0.1) is 0 Å². The largest absolute Gasteiger partial charge is 0.488 e. The van der Waals surface area contributed by atoms with Gasteiger partial charge in [-0.2, -0.15) is 0 Å². The Labute approximate surface area is 178 Å². The summed E-state index contributed by atoms with van der Waals surface area (Å²) in [6.45, 7) is 0.205. The predicted molar refractivity (Wildman–Crippen MR) is 114 cm³/mol. The van der Waals surface area contributed by atoms with Crippen molar-refractivity contribution in [3.05, 3.63) is 101 Å². The number of ether oxygens (including phenoxy) is 1. The molecule has 0 unspecified atom stereocenters. The number of hydrogen-bond donors (Lipinski definition) is 2. The first-order valence-electron chi connectivity index (χ1n) is 9.49. The van der Waals surface area contributed by atoms with Gasteiger partial charge in [0.05, 0.1) is 11.3 Å². The average molecular weight is 414 g/mol. The van der Waals surface area contributed by atoms with Gasteiger partial charge in [-0.3, -0.25) is 15.0 Å². The first-order chi connectivity index (χ1) is 15.0. The fourth-order valence-corrected chi connectivity index (χ4v) is 3.11. The fraction of sp³-hybridized carbons (Fsp3) is 0.0417. The van der Waals surface area contributed by atoms with Gasteiger partial charge in [0.15, 0.2) is 0 Å². The third kappa shape index (κ3) is 4.30. The molecule has 31 heavy (non-hydrogen) atoms.